The molecule has 4 heteroatoms. The number of rotatable bonds is 6. The minimum atomic E-state index is -0.184. The molecule has 2 N–H and O–H groups in total. The van der Waals surface area contributed by atoms with Gasteiger partial charge in [-0.1, -0.05) is 18.2 Å². The molecule has 2 rings (SSSR count). The number of furan rings is 1. The summed E-state index contributed by atoms with van der Waals surface area (Å²) in [7, 11) is 0. The molecule has 0 aliphatic rings. The molecule has 0 saturated heterocycles. The molecule has 0 radical (unpaired) electrons. The molecule has 20 heavy (non-hydrogen) atoms. The van der Waals surface area contributed by atoms with Gasteiger partial charge in [0.2, 0.25) is 0 Å². The Morgan fingerprint density at radius 1 is 1.40 bits per heavy atom. The molecule has 2 aromatic rings. The zero-order valence-electron chi connectivity index (χ0n) is 12.0. The van der Waals surface area contributed by atoms with Crippen LogP contribution in [0.4, 0.5) is 0 Å². The van der Waals surface area contributed by atoms with Gasteiger partial charge in [0, 0.05) is 23.4 Å². The normalized spacial score (nSPS) is 12.6. The summed E-state index contributed by atoms with van der Waals surface area (Å²) in [5, 5.41) is 1.11. The molecule has 0 bridgehead atoms. The summed E-state index contributed by atoms with van der Waals surface area (Å²) in [6.45, 7) is 4.17. The predicted octanol–water partition coefficient (Wildman–Crippen LogP) is 2.95. The van der Waals surface area contributed by atoms with E-state index in [1.54, 1.807) is 6.92 Å². The molecule has 1 heterocycles. The topological polar surface area (TPSA) is 65.5 Å². The van der Waals surface area contributed by atoms with E-state index >= 15 is 0 Å². The third-order valence-electron chi connectivity index (χ3n) is 3.39. The molecule has 4 nitrogen and oxygen atoms in total. The summed E-state index contributed by atoms with van der Waals surface area (Å²) in [4.78, 5) is 11.3. The van der Waals surface area contributed by atoms with Gasteiger partial charge in [-0.3, -0.25) is 4.79 Å². The molecular formula is C16H21NO3. The average Bonchev–Trinajstić information content (AvgIpc) is 2.73. The van der Waals surface area contributed by atoms with E-state index in [9.17, 15) is 4.79 Å². The smallest absolute Gasteiger partial charge is 0.305 e. The molecule has 0 aliphatic carbocycles. The standard InChI is InChI=1S/C16H21NO3/c1-3-19-16(18)9-8-12(17)10-14-11(2)20-15-7-5-4-6-13(14)15/h4-7,12H,3,8-10,17H2,1-2H3. The highest BCUT2D eigenvalue weighted by Gasteiger charge is 2.15. The quantitative estimate of drug-likeness (QED) is 0.823. The van der Waals surface area contributed by atoms with Gasteiger partial charge in [-0.15, -0.1) is 0 Å². The molecule has 0 saturated carbocycles. The largest absolute Gasteiger partial charge is 0.466 e. The van der Waals surface area contributed by atoms with Gasteiger partial charge in [-0.25, -0.2) is 0 Å². The molecule has 1 unspecified atom stereocenters. The second-order valence-corrected chi connectivity index (χ2v) is 4.94. The van der Waals surface area contributed by atoms with Crippen molar-refractivity contribution in [2.45, 2.75) is 39.2 Å². The summed E-state index contributed by atoms with van der Waals surface area (Å²) >= 11 is 0. The minimum Gasteiger partial charge on any atom is -0.466 e. The first-order chi connectivity index (χ1) is 9.61. The summed E-state index contributed by atoms with van der Waals surface area (Å²) < 4.78 is 10.6. The minimum absolute atomic E-state index is 0.0703. The maximum absolute atomic E-state index is 11.3. The lowest BCUT2D eigenvalue weighted by Crippen LogP contribution is -2.24. The van der Waals surface area contributed by atoms with Crippen LogP contribution >= 0.6 is 0 Å². The van der Waals surface area contributed by atoms with Crippen molar-refractivity contribution in [2.24, 2.45) is 5.73 Å². The molecular weight excluding hydrogens is 254 g/mol. The number of esters is 1. The van der Waals surface area contributed by atoms with Gasteiger partial charge in [0.25, 0.3) is 0 Å². The molecule has 0 amide bonds. The Morgan fingerprint density at radius 2 is 2.15 bits per heavy atom. The van der Waals surface area contributed by atoms with Crippen molar-refractivity contribution in [3.63, 3.8) is 0 Å². The summed E-state index contributed by atoms with van der Waals surface area (Å²) in [6, 6.07) is 7.87. The average molecular weight is 275 g/mol. The van der Waals surface area contributed by atoms with Crippen LogP contribution in [0.5, 0.6) is 0 Å². The molecule has 1 aromatic heterocycles. The van der Waals surface area contributed by atoms with Crippen LogP contribution < -0.4 is 5.73 Å². The van der Waals surface area contributed by atoms with E-state index in [0.29, 0.717) is 25.9 Å². The highest BCUT2D eigenvalue weighted by atomic mass is 16.5. The second-order valence-electron chi connectivity index (χ2n) is 4.94. The third-order valence-corrected chi connectivity index (χ3v) is 3.39. The van der Waals surface area contributed by atoms with Crippen molar-refractivity contribution in [2.75, 3.05) is 6.61 Å². The number of benzene rings is 1. The summed E-state index contributed by atoms with van der Waals surface area (Å²) in [5.41, 5.74) is 8.14. The molecule has 0 aliphatic heterocycles. The second kappa shape index (κ2) is 6.57. The summed E-state index contributed by atoms with van der Waals surface area (Å²) in [5.74, 6) is 0.717. The molecule has 0 spiro atoms. The first-order valence-corrected chi connectivity index (χ1v) is 7.00. The number of carbonyl (C=O) groups excluding carboxylic acids is 1. The Bertz CT molecular complexity index is 588. The van der Waals surface area contributed by atoms with Gasteiger partial charge in [-0.05, 0) is 32.8 Å². The number of hydrogen-bond donors (Lipinski definition) is 1. The number of hydrogen-bond acceptors (Lipinski definition) is 4. The SMILES string of the molecule is CCOC(=O)CCC(N)Cc1c(C)oc2ccccc12. The van der Waals surface area contributed by atoms with Crippen molar-refractivity contribution in [3.05, 3.63) is 35.6 Å². The Morgan fingerprint density at radius 3 is 2.90 bits per heavy atom. The highest BCUT2D eigenvalue weighted by molar-refractivity contribution is 5.82. The number of nitrogens with two attached hydrogens (primary N) is 1. The Kier molecular flexibility index (Phi) is 4.79. The number of aryl methyl sites for hydroxylation is 1. The lowest BCUT2D eigenvalue weighted by molar-refractivity contribution is -0.143. The first-order valence-electron chi connectivity index (χ1n) is 7.00. The monoisotopic (exact) mass is 275 g/mol. The Balaban J connectivity index is 2.01. The lowest BCUT2D eigenvalue weighted by Gasteiger charge is -2.10. The van der Waals surface area contributed by atoms with Crippen molar-refractivity contribution in [3.8, 4) is 0 Å². The van der Waals surface area contributed by atoms with Gasteiger partial charge in [0.05, 0.1) is 6.61 Å². The van der Waals surface area contributed by atoms with Crippen molar-refractivity contribution in [1.29, 1.82) is 0 Å². The van der Waals surface area contributed by atoms with Gasteiger partial charge in [0.1, 0.15) is 11.3 Å². The van der Waals surface area contributed by atoms with Gasteiger partial charge < -0.3 is 14.9 Å². The van der Waals surface area contributed by atoms with Crippen LogP contribution in [0.1, 0.15) is 31.1 Å². The fourth-order valence-electron chi connectivity index (χ4n) is 2.38. The van der Waals surface area contributed by atoms with Crippen LogP contribution in [-0.2, 0) is 16.0 Å². The van der Waals surface area contributed by atoms with E-state index in [4.69, 9.17) is 14.9 Å². The molecule has 1 atom stereocenters. The van der Waals surface area contributed by atoms with Crippen molar-refractivity contribution < 1.29 is 13.9 Å². The zero-order valence-corrected chi connectivity index (χ0v) is 12.0. The van der Waals surface area contributed by atoms with Gasteiger partial charge in [-0.2, -0.15) is 0 Å². The number of carbonyl (C=O) groups is 1. The fraction of sp³-hybridized carbons (Fsp3) is 0.438. The van der Waals surface area contributed by atoms with Crippen molar-refractivity contribution >= 4 is 16.9 Å². The van der Waals surface area contributed by atoms with Crippen LogP contribution in [0.2, 0.25) is 0 Å². The first kappa shape index (κ1) is 14.6. The third kappa shape index (κ3) is 3.39. The van der Waals surface area contributed by atoms with E-state index in [1.165, 1.54) is 0 Å². The summed E-state index contributed by atoms with van der Waals surface area (Å²) in [6.07, 6.45) is 1.70. The van der Waals surface area contributed by atoms with Crippen LogP contribution in [0, 0.1) is 6.92 Å². The maximum Gasteiger partial charge on any atom is 0.305 e. The highest BCUT2D eigenvalue weighted by Crippen LogP contribution is 2.26. The van der Waals surface area contributed by atoms with Crippen LogP contribution in [0.15, 0.2) is 28.7 Å². The fourth-order valence-corrected chi connectivity index (χ4v) is 2.38. The maximum atomic E-state index is 11.3. The molecule has 1 aromatic carbocycles. The predicted molar refractivity (Wildman–Crippen MR) is 78.5 cm³/mol. The van der Waals surface area contributed by atoms with E-state index in [1.807, 2.05) is 31.2 Å². The number of ether oxygens (including phenoxy) is 1. The molecule has 0 fully saturated rings. The number of para-hydroxylation sites is 1. The van der Waals surface area contributed by atoms with Crippen LogP contribution in [-0.4, -0.2) is 18.6 Å². The van der Waals surface area contributed by atoms with Crippen molar-refractivity contribution in [1.82, 2.24) is 0 Å². The Labute approximate surface area is 118 Å². The van der Waals surface area contributed by atoms with E-state index < -0.39 is 0 Å². The van der Waals surface area contributed by atoms with Crippen LogP contribution in [0.3, 0.4) is 0 Å². The van der Waals surface area contributed by atoms with Gasteiger partial charge >= 0.3 is 5.97 Å². The van der Waals surface area contributed by atoms with E-state index in [0.717, 1.165) is 22.3 Å². The Hall–Kier alpha value is -1.81. The zero-order chi connectivity index (χ0) is 14.5. The molecule has 108 valence electrons. The van der Waals surface area contributed by atoms with Crippen LogP contribution in [0.25, 0.3) is 11.0 Å². The lowest BCUT2D eigenvalue weighted by atomic mass is 10.00. The van der Waals surface area contributed by atoms with Gasteiger partial charge in [0.15, 0.2) is 0 Å². The number of fused-ring (bicyclic) bond motifs is 1. The van der Waals surface area contributed by atoms with E-state index in [-0.39, 0.29) is 12.0 Å². The van der Waals surface area contributed by atoms with E-state index in [2.05, 4.69) is 0 Å².